The number of nitrogens with one attached hydrogen (secondary N) is 1. The number of carboxylic acids is 1. The fourth-order valence-corrected chi connectivity index (χ4v) is 1.67. The largest absolute Gasteiger partial charge is 0.481 e. The molecule has 0 aliphatic rings. The Bertz CT molecular complexity index is 553. The summed E-state index contributed by atoms with van der Waals surface area (Å²) in [6.45, 7) is 2.03. The first-order valence-electron chi connectivity index (χ1n) is 6.01. The van der Waals surface area contributed by atoms with Crippen molar-refractivity contribution in [3.8, 4) is 6.07 Å². The molecule has 1 heterocycles. The average Bonchev–Trinajstić information content (AvgIpc) is 2.42. The summed E-state index contributed by atoms with van der Waals surface area (Å²) in [5.74, 6) is -1.24. The minimum absolute atomic E-state index is 0.152. The van der Waals surface area contributed by atoms with E-state index in [0.29, 0.717) is 6.42 Å². The molecule has 0 fully saturated rings. The molecule has 0 saturated heterocycles. The summed E-state index contributed by atoms with van der Waals surface area (Å²) in [5.41, 5.74) is -0.677. The molecule has 1 rings (SSSR count). The van der Waals surface area contributed by atoms with Crippen LogP contribution < -0.4 is 5.32 Å². The Morgan fingerprint density at radius 1 is 1.65 bits per heavy atom. The maximum absolute atomic E-state index is 11.0. The molecule has 106 valence electrons. The van der Waals surface area contributed by atoms with Gasteiger partial charge in [-0.3, -0.25) is 14.9 Å². The monoisotopic (exact) mass is 278 g/mol. The van der Waals surface area contributed by atoms with E-state index in [4.69, 9.17) is 10.4 Å². The Morgan fingerprint density at radius 3 is 2.85 bits per heavy atom. The van der Waals surface area contributed by atoms with Gasteiger partial charge in [-0.2, -0.15) is 5.26 Å². The van der Waals surface area contributed by atoms with Crippen LogP contribution in [0, 0.1) is 27.4 Å². The second-order valence-corrected chi connectivity index (χ2v) is 4.14. The highest BCUT2D eigenvalue weighted by atomic mass is 16.6. The first-order chi connectivity index (χ1) is 9.49. The Hall–Kier alpha value is -2.69. The van der Waals surface area contributed by atoms with Gasteiger partial charge in [-0.25, -0.2) is 4.98 Å². The molecule has 0 radical (unpaired) electrons. The first kappa shape index (κ1) is 15.4. The van der Waals surface area contributed by atoms with Crippen molar-refractivity contribution in [3.05, 3.63) is 27.9 Å². The zero-order valence-electron chi connectivity index (χ0n) is 10.9. The molecule has 20 heavy (non-hydrogen) atoms. The maximum Gasteiger partial charge on any atom is 0.308 e. The Morgan fingerprint density at radius 2 is 2.35 bits per heavy atom. The zero-order valence-corrected chi connectivity index (χ0v) is 10.9. The number of carboxylic acid groups (broad SMARTS) is 1. The standard InChI is InChI=1S/C12H14N4O4/c1-2-3-8(12(17)18)7-14-11-5-4-10(16(19)20)9(6-13)15-11/h4-5,8H,2-3,7H2,1H3,(H,14,15)(H,17,18). The highest BCUT2D eigenvalue weighted by Gasteiger charge is 2.18. The van der Waals surface area contributed by atoms with Crippen LogP contribution in [0.3, 0.4) is 0 Å². The van der Waals surface area contributed by atoms with Gasteiger partial charge in [0.15, 0.2) is 0 Å². The molecule has 1 aromatic rings. The number of nitro groups is 1. The van der Waals surface area contributed by atoms with E-state index in [2.05, 4.69) is 10.3 Å². The molecule has 8 nitrogen and oxygen atoms in total. The number of nitrogens with zero attached hydrogens (tertiary/aromatic N) is 3. The Balaban J connectivity index is 2.81. The number of aliphatic carboxylic acids is 1. The van der Waals surface area contributed by atoms with Crippen LogP contribution in [0.2, 0.25) is 0 Å². The normalized spacial score (nSPS) is 11.4. The molecule has 0 aromatic carbocycles. The Labute approximate surface area is 115 Å². The van der Waals surface area contributed by atoms with Gasteiger partial charge in [0.2, 0.25) is 5.69 Å². The average molecular weight is 278 g/mol. The molecule has 1 atom stereocenters. The SMILES string of the molecule is CCCC(CNc1ccc([N+](=O)[O-])c(C#N)n1)C(=O)O. The third-order valence-corrected chi connectivity index (χ3v) is 2.69. The molecule has 2 N–H and O–H groups in total. The lowest BCUT2D eigenvalue weighted by Gasteiger charge is -2.12. The minimum atomic E-state index is -0.915. The third kappa shape index (κ3) is 3.91. The van der Waals surface area contributed by atoms with Gasteiger partial charge in [0.25, 0.3) is 0 Å². The van der Waals surface area contributed by atoms with Crippen LogP contribution in [-0.4, -0.2) is 27.5 Å². The predicted octanol–water partition coefficient (Wildman–Crippen LogP) is 1.77. The van der Waals surface area contributed by atoms with Gasteiger partial charge in [0.1, 0.15) is 11.9 Å². The van der Waals surface area contributed by atoms with E-state index < -0.39 is 16.8 Å². The van der Waals surface area contributed by atoms with E-state index in [1.54, 1.807) is 6.07 Å². The van der Waals surface area contributed by atoms with Crippen LogP contribution in [0.25, 0.3) is 0 Å². The molecule has 1 aromatic heterocycles. The van der Waals surface area contributed by atoms with Gasteiger partial charge in [0, 0.05) is 12.6 Å². The second kappa shape index (κ2) is 7.04. The van der Waals surface area contributed by atoms with Gasteiger partial charge >= 0.3 is 11.7 Å². The van der Waals surface area contributed by atoms with E-state index in [9.17, 15) is 14.9 Å². The topological polar surface area (TPSA) is 129 Å². The molecule has 0 spiro atoms. The number of carbonyl (C=O) groups is 1. The van der Waals surface area contributed by atoms with Crippen LogP contribution in [0.5, 0.6) is 0 Å². The van der Waals surface area contributed by atoms with Crippen molar-refractivity contribution < 1.29 is 14.8 Å². The van der Waals surface area contributed by atoms with Crippen LogP contribution in [0.1, 0.15) is 25.5 Å². The van der Waals surface area contributed by atoms with Gasteiger partial charge in [-0.1, -0.05) is 13.3 Å². The van der Waals surface area contributed by atoms with E-state index in [0.717, 1.165) is 6.42 Å². The molecule has 0 saturated carbocycles. The summed E-state index contributed by atoms with van der Waals surface area (Å²) in [6.07, 6.45) is 1.25. The fourth-order valence-electron chi connectivity index (χ4n) is 1.67. The van der Waals surface area contributed by atoms with Crippen molar-refractivity contribution in [2.75, 3.05) is 11.9 Å². The quantitative estimate of drug-likeness (QED) is 0.574. The lowest BCUT2D eigenvalue weighted by Crippen LogP contribution is -2.23. The number of anilines is 1. The third-order valence-electron chi connectivity index (χ3n) is 2.69. The number of rotatable bonds is 7. The summed E-state index contributed by atoms with van der Waals surface area (Å²) in [6, 6.07) is 4.16. The highest BCUT2D eigenvalue weighted by Crippen LogP contribution is 2.18. The summed E-state index contributed by atoms with van der Waals surface area (Å²) < 4.78 is 0. The molecule has 0 aliphatic heterocycles. The van der Waals surface area contributed by atoms with Gasteiger partial charge < -0.3 is 10.4 Å². The first-order valence-corrected chi connectivity index (χ1v) is 6.01. The lowest BCUT2D eigenvalue weighted by atomic mass is 10.0. The zero-order chi connectivity index (χ0) is 15.1. The molecule has 0 aliphatic carbocycles. The van der Waals surface area contributed by atoms with Crippen molar-refractivity contribution >= 4 is 17.5 Å². The van der Waals surface area contributed by atoms with E-state index >= 15 is 0 Å². The molecular formula is C12H14N4O4. The second-order valence-electron chi connectivity index (χ2n) is 4.14. The van der Waals surface area contributed by atoms with Crippen molar-refractivity contribution in [2.24, 2.45) is 5.92 Å². The van der Waals surface area contributed by atoms with Crippen molar-refractivity contribution in [1.82, 2.24) is 4.98 Å². The minimum Gasteiger partial charge on any atom is -0.481 e. The number of hydrogen-bond donors (Lipinski definition) is 2. The lowest BCUT2D eigenvalue weighted by molar-refractivity contribution is -0.385. The van der Waals surface area contributed by atoms with Gasteiger partial charge in [-0.15, -0.1) is 0 Å². The Kier molecular flexibility index (Phi) is 5.41. The number of hydrogen-bond acceptors (Lipinski definition) is 6. The molecule has 0 amide bonds. The highest BCUT2D eigenvalue weighted by molar-refractivity contribution is 5.70. The number of pyridine rings is 1. The number of nitriles is 1. The van der Waals surface area contributed by atoms with E-state index in [-0.39, 0.29) is 23.7 Å². The number of aromatic nitrogens is 1. The van der Waals surface area contributed by atoms with Crippen LogP contribution >= 0.6 is 0 Å². The fraction of sp³-hybridized carbons (Fsp3) is 0.417. The smallest absolute Gasteiger partial charge is 0.308 e. The molecule has 0 bridgehead atoms. The predicted molar refractivity (Wildman–Crippen MR) is 70.1 cm³/mol. The van der Waals surface area contributed by atoms with Gasteiger partial charge in [-0.05, 0) is 12.5 Å². The van der Waals surface area contributed by atoms with Crippen molar-refractivity contribution in [3.63, 3.8) is 0 Å². The van der Waals surface area contributed by atoms with Gasteiger partial charge in [0.05, 0.1) is 10.8 Å². The van der Waals surface area contributed by atoms with Crippen LogP contribution in [-0.2, 0) is 4.79 Å². The van der Waals surface area contributed by atoms with Crippen molar-refractivity contribution in [2.45, 2.75) is 19.8 Å². The van der Waals surface area contributed by atoms with Crippen molar-refractivity contribution in [1.29, 1.82) is 5.26 Å². The summed E-state index contributed by atoms with van der Waals surface area (Å²) in [5, 5.41) is 31.2. The van der Waals surface area contributed by atoms with E-state index in [1.165, 1.54) is 12.1 Å². The van der Waals surface area contributed by atoms with E-state index in [1.807, 2.05) is 6.92 Å². The molecule has 1 unspecified atom stereocenters. The molecular weight excluding hydrogens is 264 g/mol. The summed E-state index contributed by atoms with van der Waals surface area (Å²) >= 11 is 0. The molecule has 8 heteroatoms. The van der Waals surface area contributed by atoms with Crippen LogP contribution in [0.4, 0.5) is 11.5 Å². The summed E-state index contributed by atoms with van der Waals surface area (Å²) in [4.78, 5) is 24.7. The maximum atomic E-state index is 11.0. The summed E-state index contributed by atoms with van der Waals surface area (Å²) in [7, 11) is 0. The van der Waals surface area contributed by atoms with Crippen LogP contribution in [0.15, 0.2) is 12.1 Å².